The first-order valence-corrected chi connectivity index (χ1v) is 8.66. The number of rotatable bonds is 3. The van der Waals surface area contributed by atoms with Gasteiger partial charge in [-0.3, -0.25) is 0 Å². The zero-order chi connectivity index (χ0) is 17.6. The van der Waals surface area contributed by atoms with Gasteiger partial charge in [0.15, 0.2) is 0 Å². The van der Waals surface area contributed by atoms with Gasteiger partial charge in [-0.1, -0.05) is 36.4 Å². The van der Waals surface area contributed by atoms with Gasteiger partial charge in [0, 0.05) is 6.54 Å². The molecular formula is C22H22N2O. The largest absolute Gasteiger partial charge is 0.385 e. The van der Waals surface area contributed by atoms with E-state index in [2.05, 4.69) is 78.0 Å². The molecule has 0 aliphatic rings. The Balaban J connectivity index is 1.86. The maximum absolute atomic E-state index is 10.2. The van der Waals surface area contributed by atoms with Crippen LogP contribution in [0.25, 0.3) is 21.8 Å². The van der Waals surface area contributed by atoms with E-state index in [1.165, 1.54) is 27.5 Å². The maximum atomic E-state index is 10.2. The van der Waals surface area contributed by atoms with E-state index in [-0.39, 0.29) is 0 Å². The number of aliphatic hydroxyl groups excluding tert-OH is 1. The molecule has 4 aromatic rings. The molecule has 126 valence electrons. The van der Waals surface area contributed by atoms with Crippen molar-refractivity contribution in [1.82, 2.24) is 9.55 Å². The predicted molar refractivity (Wildman–Crippen MR) is 103 cm³/mol. The lowest BCUT2D eigenvalue weighted by atomic mass is 10.1. The Labute approximate surface area is 147 Å². The minimum Gasteiger partial charge on any atom is -0.385 e. The summed E-state index contributed by atoms with van der Waals surface area (Å²) in [6.07, 6.45) is -0.603. The smallest absolute Gasteiger partial charge is 0.138 e. The molecule has 0 radical (unpaired) electrons. The van der Waals surface area contributed by atoms with Crippen LogP contribution in [0.3, 0.4) is 0 Å². The van der Waals surface area contributed by atoms with Gasteiger partial charge in [0.2, 0.25) is 0 Å². The monoisotopic (exact) mass is 330 g/mol. The van der Waals surface area contributed by atoms with Crippen LogP contribution in [0.15, 0.2) is 54.6 Å². The summed E-state index contributed by atoms with van der Waals surface area (Å²) in [6, 6.07) is 19.2. The molecule has 1 aromatic heterocycles. The molecule has 3 heteroatoms. The quantitative estimate of drug-likeness (QED) is 0.580. The van der Waals surface area contributed by atoms with Gasteiger partial charge in [-0.25, -0.2) is 4.98 Å². The molecule has 0 spiro atoms. The Kier molecular flexibility index (Phi) is 3.81. The van der Waals surface area contributed by atoms with Crippen LogP contribution >= 0.6 is 0 Å². The number of aliphatic hydroxyl groups is 1. The van der Waals surface area contributed by atoms with Crippen LogP contribution in [-0.2, 0) is 6.54 Å². The Bertz CT molecular complexity index is 1080. The zero-order valence-corrected chi connectivity index (χ0v) is 14.8. The zero-order valence-electron chi connectivity index (χ0n) is 14.8. The van der Waals surface area contributed by atoms with Gasteiger partial charge < -0.3 is 9.67 Å². The second-order valence-corrected chi connectivity index (χ2v) is 6.84. The van der Waals surface area contributed by atoms with Crippen molar-refractivity contribution in [3.63, 3.8) is 0 Å². The van der Waals surface area contributed by atoms with Crippen LogP contribution in [0.2, 0.25) is 0 Å². The Morgan fingerprint density at radius 2 is 1.68 bits per heavy atom. The van der Waals surface area contributed by atoms with Gasteiger partial charge in [-0.05, 0) is 66.4 Å². The number of aromatic nitrogens is 2. The van der Waals surface area contributed by atoms with Gasteiger partial charge >= 0.3 is 0 Å². The Morgan fingerprint density at radius 1 is 0.960 bits per heavy atom. The minimum absolute atomic E-state index is 0.603. The van der Waals surface area contributed by atoms with E-state index in [1.54, 1.807) is 6.92 Å². The number of benzene rings is 3. The molecule has 1 unspecified atom stereocenters. The third kappa shape index (κ3) is 2.81. The molecule has 1 heterocycles. The van der Waals surface area contributed by atoms with Crippen molar-refractivity contribution >= 4 is 21.8 Å². The minimum atomic E-state index is -0.603. The molecular weight excluding hydrogens is 308 g/mol. The number of fused-ring (bicyclic) bond motifs is 2. The fourth-order valence-electron chi connectivity index (χ4n) is 3.40. The van der Waals surface area contributed by atoms with Crippen molar-refractivity contribution in [2.75, 3.05) is 0 Å². The Hall–Kier alpha value is -2.65. The van der Waals surface area contributed by atoms with Crippen LogP contribution in [0, 0.1) is 13.8 Å². The van der Waals surface area contributed by atoms with Crippen LogP contribution in [0.1, 0.15) is 35.5 Å². The van der Waals surface area contributed by atoms with Crippen LogP contribution in [0.5, 0.6) is 0 Å². The van der Waals surface area contributed by atoms with Gasteiger partial charge in [-0.15, -0.1) is 0 Å². The first-order chi connectivity index (χ1) is 12.0. The standard InChI is InChI=1S/C22H22N2O/c1-14-10-20-21(11-15(14)2)24(22(23-20)16(3)25)13-17-8-9-18-6-4-5-7-19(18)12-17/h4-12,16,25H,13H2,1-3H3. The van der Waals surface area contributed by atoms with E-state index in [1.807, 2.05) is 0 Å². The number of hydrogen-bond donors (Lipinski definition) is 1. The summed E-state index contributed by atoms with van der Waals surface area (Å²) in [6.45, 7) is 6.69. The lowest BCUT2D eigenvalue weighted by molar-refractivity contribution is 0.185. The molecule has 4 rings (SSSR count). The van der Waals surface area contributed by atoms with Crippen molar-refractivity contribution in [3.05, 3.63) is 77.1 Å². The fraction of sp³-hybridized carbons (Fsp3) is 0.227. The second kappa shape index (κ2) is 6.01. The van der Waals surface area contributed by atoms with Crippen molar-refractivity contribution in [3.8, 4) is 0 Å². The van der Waals surface area contributed by atoms with Crippen molar-refractivity contribution < 1.29 is 5.11 Å². The second-order valence-electron chi connectivity index (χ2n) is 6.84. The van der Waals surface area contributed by atoms with Gasteiger partial charge in [0.05, 0.1) is 11.0 Å². The lowest BCUT2D eigenvalue weighted by Crippen LogP contribution is -2.08. The van der Waals surface area contributed by atoms with Crippen LogP contribution < -0.4 is 0 Å². The molecule has 3 nitrogen and oxygen atoms in total. The summed E-state index contributed by atoms with van der Waals surface area (Å²) >= 11 is 0. The van der Waals surface area contributed by atoms with Crippen molar-refractivity contribution in [2.24, 2.45) is 0 Å². The third-order valence-corrected chi connectivity index (χ3v) is 4.92. The molecule has 0 saturated heterocycles. The molecule has 25 heavy (non-hydrogen) atoms. The number of nitrogens with zero attached hydrogens (tertiary/aromatic N) is 2. The highest BCUT2D eigenvalue weighted by molar-refractivity contribution is 5.83. The van der Waals surface area contributed by atoms with E-state index in [9.17, 15) is 5.11 Å². The van der Waals surface area contributed by atoms with Crippen molar-refractivity contribution in [2.45, 2.75) is 33.4 Å². The van der Waals surface area contributed by atoms with Crippen molar-refractivity contribution in [1.29, 1.82) is 0 Å². The molecule has 0 amide bonds. The molecule has 0 bridgehead atoms. The Morgan fingerprint density at radius 3 is 2.44 bits per heavy atom. The summed E-state index contributed by atoms with van der Waals surface area (Å²) in [7, 11) is 0. The SMILES string of the molecule is Cc1cc2nc(C(C)O)n(Cc3ccc4ccccc4c3)c2cc1C. The summed E-state index contributed by atoms with van der Waals surface area (Å²) < 4.78 is 2.14. The average molecular weight is 330 g/mol. The van der Waals surface area contributed by atoms with E-state index < -0.39 is 6.10 Å². The fourth-order valence-corrected chi connectivity index (χ4v) is 3.40. The van der Waals surface area contributed by atoms with Crippen LogP contribution in [0.4, 0.5) is 0 Å². The highest BCUT2D eigenvalue weighted by atomic mass is 16.3. The van der Waals surface area contributed by atoms with E-state index >= 15 is 0 Å². The van der Waals surface area contributed by atoms with E-state index in [0.717, 1.165) is 11.0 Å². The lowest BCUT2D eigenvalue weighted by Gasteiger charge is -2.12. The number of imidazole rings is 1. The van der Waals surface area contributed by atoms with Gasteiger partial charge in [0.1, 0.15) is 11.9 Å². The molecule has 0 aliphatic carbocycles. The van der Waals surface area contributed by atoms with Gasteiger partial charge in [0.25, 0.3) is 0 Å². The average Bonchev–Trinajstić information content (AvgIpc) is 2.93. The van der Waals surface area contributed by atoms with Gasteiger partial charge in [-0.2, -0.15) is 0 Å². The molecule has 0 saturated carbocycles. The normalized spacial score (nSPS) is 12.8. The highest BCUT2D eigenvalue weighted by Gasteiger charge is 2.16. The maximum Gasteiger partial charge on any atom is 0.138 e. The van der Waals surface area contributed by atoms with E-state index in [0.29, 0.717) is 12.4 Å². The molecule has 1 atom stereocenters. The first kappa shape index (κ1) is 15.9. The first-order valence-electron chi connectivity index (χ1n) is 8.66. The topological polar surface area (TPSA) is 38.1 Å². The summed E-state index contributed by atoms with van der Waals surface area (Å²) in [5, 5.41) is 12.7. The predicted octanol–water partition coefficient (Wildman–Crippen LogP) is 4.91. The summed E-state index contributed by atoms with van der Waals surface area (Å²) in [4.78, 5) is 4.69. The summed E-state index contributed by atoms with van der Waals surface area (Å²) in [5.41, 5.74) is 5.69. The third-order valence-electron chi connectivity index (χ3n) is 4.92. The molecule has 0 aliphatic heterocycles. The van der Waals surface area contributed by atoms with Crippen LogP contribution in [-0.4, -0.2) is 14.7 Å². The molecule has 3 aromatic carbocycles. The number of aryl methyl sites for hydroxylation is 2. The molecule has 1 N–H and O–H groups in total. The highest BCUT2D eigenvalue weighted by Crippen LogP contribution is 2.26. The molecule has 0 fully saturated rings. The summed E-state index contributed by atoms with van der Waals surface area (Å²) in [5.74, 6) is 0.716. The van der Waals surface area contributed by atoms with E-state index in [4.69, 9.17) is 0 Å². The number of hydrogen-bond acceptors (Lipinski definition) is 2.